The average molecular weight is 764 g/mol. The minimum Gasteiger partial charge on any atom is -0.394 e. The Hall–Kier alpha value is -1.27. The van der Waals surface area contributed by atoms with Crippen LogP contribution in [0.2, 0.25) is 0 Å². The summed E-state index contributed by atoms with van der Waals surface area (Å²) in [5.74, 6) is -0.246. The van der Waals surface area contributed by atoms with Gasteiger partial charge in [0, 0.05) is 6.42 Å². The Morgan fingerprint density at radius 2 is 1.17 bits per heavy atom. The van der Waals surface area contributed by atoms with Gasteiger partial charge in [0.2, 0.25) is 5.91 Å². The minimum absolute atomic E-state index is 0.246. The summed E-state index contributed by atoms with van der Waals surface area (Å²) in [4.78, 5) is 13.0. The summed E-state index contributed by atoms with van der Waals surface area (Å²) in [6, 6.07) is -0.903. The number of aliphatic hydroxyl groups excluding tert-OH is 8. The van der Waals surface area contributed by atoms with Gasteiger partial charge in [0.05, 0.1) is 32.0 Å². The maximum absolute atomic E-state index is 13.0. The zero-order valence-corrected chi connectivity index (χ0v) is 32.3. The Kier molecular flexibility index (Phi) is 25.5. The van der Waals surface area contributed by atoms with Gasteiger partial charge < -0.3 is 65.1 Å². The molecule has 0 saturated carbocycles. The van der Waals surface area contributed by atoms with E-state index in [4.69, 9.17) is 18.9 Å². The molecular weight excluding hydrogens is 690 g/mol. The van der Waals surface area contributed by atoms with Gasteiger partial charge in [-0.1, -0.05) is 122 Å². The predicted molar refractivity (Wildman–Crippen MR) is 199 cm³/mol. The molecule has 2 fully saturated rings. The standard InChI is InChI=1S/C39H73NO13/c1-3-5-7-9-11-12-13-14-15-17-19-21-23-31(44)40-27(28(43)22-20-18-16-10-8-6-4-2)26-50-38-36(49)34(47)37(30(25-42)52-38)53-39-35(48)33(46)32(45)29(24-41)51-39/h20,22,27-30,32-39,41-43,45-49H,3-19,21,23-26H2,1-2H3,(H,40,44)/b22-20+. The molecule has 14 nitrogen and oxygen atoms in total. The molecule has 0 aromatic heterocycles. The first-order valence-electron chi connectivity index (χ1n) is 20.4. The van der Waals surface area contributed by atoms with Crippen molar-refractivity contribution in [2.75, 3.05) is 19.8 Å². The number of hydrogen-bond donors (Lipinski definition) is 9. The molecule has 14 heteroatoms. The number of aliphatic hydroxyl groups is 8. The van der Waals surface area contributed by atoms with E-state index in [9.17, 15) is 45.6 Å². The van der Waals surface area contributed by atoms with Gasteiger partial charge in [-0.15, -0.1) is 0 Å². The molecule has 0 aromatic rings. The molecule has 0 radical (unpaired) electrons. The fourth-order valence-electron chi connectivity index (χ4n) is 6.76. The lowest BCUT2D eigenvalue weighted by atomic mass is 9.97. The summed E-state index contributed by atoms with van der Waals surface area (Å²) >= 11 is 0. The van der Waals surface area contributed by atoms with E-state index >= 15 is 0 Å². The second-order valence-electron chi connectivity index (χ2n) is 14.8. The zero-order chi connectivity index (χ0) is 39.0. The molecule has 12 atom stereocenters. The van der Waals surface area contributed by atoms with E-state index in [1.54, 1.807) is 6.08 Å². The minimum atomic E-state index is -1.78. The molecule has 53 heavy (non-hydrogen) atoms. The highest BCUT2D eigenvalue weighted by Crippen LogP contribution is 2.29. The predicted octanol–water partition coefficient (Wildman–Crippen LogP) is 2.48. The molecule has 2 heterocycles. The lowest BCUT2D eigenvalue weighted by Gasteiger charge is -2.46. The molecule has 1 amide bonds. The zero-order valence-electron chi connectivity index (χ0n) is 32.3. The normalized spacial score (nSPS) is 30.5. The van der Waals surface area contributed by atoms with Crippen molar-refractivity contribution in [1.82, 2.24) is 5.32 Å². The van der Waals surface area contributed by atoms with Crippen molar-refractivity contribution in [3.05, 3.63) is 12.2 Å². The monoisotopic (exact) mass is 764 g/mol. The van der Waals surface area contributed by atoms with Crippen molar-refractivity contribution in [2.45, 2.75) is 209 Å². The number of ether oxygens (including phenoxy) is 4. The van der Waals surface area contributed by atoms with Crippen LogP contribution in [0.1, 0.15) is 136 Å². The molecule has 2 saturated heterocycles. The quantitative estimate of drug-likeness (QED) is 0.0395. The Labute approximate surface area is 316 Å². The Bertz CT molecular complexity index is 956. The maximum Gasteiger partial charge on any atom is 0.220 e. The summed E-state index contributed by atoms with van der Waals surface area (Å²) in [6.07, 6.45) is 7.27. The first-order chi connectivity index (χ1) is 25.6. The van der Waals surface area contributed by atoms with Gasteiger partial charge in [0.25, 0.3) is 0 Å². The number of rotatable bonds is 29. The topological polar surface area (TPSA) is 228 Å². The SMILES string of the molecule is CCCCCCC/C=C/C(O)C(COC1OC(CO)C(OC2OC(CO)C(O)C(O)C2O)C(O)C1O)NC(=O)CCCCCCCCCCCCCC. The average Bonchev–Trinajstić information content (AvgIpc) is 3.15. The summed E-state index contributed by atoms with van der Waals surface area (Å²) in [7, 11) is 0. The number of nitrogens with one attached hydrogen (secondary N) is 1. The molecule has 0 aromatic carbocycles. The Morgan fingerprint density at radius 1 is 0.660 bits per heavy atom. The molecular formula is C39H73NO13. The number of amides is 1. The summed E-state index contributed by atoms with van der Waals surface area (Å²) in [6.45, 7) is 2.67. The van der Waals surface area contributed by atoms with Gasteiger partial charge in [-0.05, 0) is 19.3 Å². The lowest BCUT2D eigenvalue weighted by Crippen LogP contribution is -2.65. The van der Waals surface area contributed by atoms with Crippen molar-refractivity contribution in [2.24, 2.45) is 0 Å². The van der Waals surface area contributed by atoms with Crippen LogP contribution in [0.25, 0.3) is 0 Å². The highest BCUT2D eigenvalue weighted by molar-refractivity contribution is 5.76. The van der Waals surface area contributed by atoms with Crippen LogP contribution in [0, 0.1) is 0 Å². The van der Waals surface area contributed by atoms with Gasteiger partial charge in [-0.3, -0.25) is 4.79 Å². The first-order valence-corrected chi connectivity index (χ1v) is 20.4. The van der Waals surface area contributed by atoms with Crippen LogP contribution in [0.5, 0.6) is 0 Å². The molecule has 0 spiro atoms. The van der Waals surface area contributed by atoms with Crippen LogP contribution >= 0.6 is 0 Å². The smallest absolute Gasteiger partial charge is 0.220 e. The van der Waals surface area contributed by atoms with Crippen molar-refractivity contribution >= 4 is 5.91 Å². The van der Waals surface area contributed by atoms with E-state index < -0.39 is 86.8 Å². The second kappa shape index (κ2) is 28.2. The molecule has 312 valence electrons. The van der Waals surface area contributed by atoms with E-state index in [1.165, 1.54) is 57.8 Å². The van der Waals surface area contributed by atoms with Gasteiger partial charge >= 0.3 is 0 Å². The van der Waals surface area contributed by atoms with Crippen LogP contribution < -0.4 is 5.32 Å². The van der Waals surface area contributed by atoms with E-state index in [0.717, 1.165) is 51.4 Å². The number of allylic oxidation sites excluding steroid dienone is 1. The molecule has 2 rings (SSSR count). The van der Waals surface area contributed by atoms with Crippen molar-refractivity contribution in [3.8, 4) is 0 Å². The van der Waals surface area contributed by atoms with E-state index in [2.05, 4.69) is 19.2 Å². The third-order valence-electron chi connectivity index (χ3n) is 10.2. The van der Waals surface area contributed by atoms with Crippen molar-refractivity contribution in [3.63, 3.8) is 0 Å². The number of hydrogen-bond acceptors (Lipinski definition) is 13. The molecule has 9 N–H and O–H groups in total. The van der Waals surface area contributed by atoms with E-state index in [-0.39, 0.29) is 18.9 Å². The molecule has 0 aliphatic carbocycles. The number of unbranched alkanes of at least 4 members (excludes halogenated alkanes) is 16. The van der Waals surface area contributed by atoms with E-state index in [0.29, 0.717) is 6.42 Å². The number of carbonyl (C=O) groups is 1. The summed E-state index contributed by atoms with van der Waals surface area (Å²) < 4.78 is 22.5. The molecule has 2 aliphatic heterocycles. The fourth-order valence-corrected chi connectivity index (χ4v) is 6.76. The molecule has 0 bridgehead atoms. The lowest BCUT2D eigenvalue weighted by molar-refractivity contribution is -0.359. The van der Waals surface area contributed by atoms with Gasteiger partial charge in [0.15, 0.2) is 12.6 Å². The van der Waals surface area contributed by atoms with Gasteiger partial charge in [-0.2, -0.15) is 0 Å². The van der Waals surface area contributed by atoms with Gasteiger partial charge in [-0.25, -0.2) is 0 Å². The van der Waals surface area contributed by atoms with Crippen LogP contribution in [0.4, 0.5) is 0 Å². The third-order valence-corrected chi connectivity index (χ3v) is 10.2. The fraction of sp³-hybridized carbons (Fsp3) is 0.923. The first kappa shape index (κ1) is 47.9. The largest absolute Gasteiger partial charge is 0.394 e. The van der Waals surface area contributed by atoms with Crippen molar-refractivity contribution in [1.29, 1.82) is 0 Å². The van der Waals surface area contributed by atoms with Crippen LogP contribution in [0.15, 0.2) is 12.2 Å². The summed E-state index contributed by atoms with van der Waals surface area (Å²) in [5.41, 5.74) is 0. The second-order valence-corrected chi connectivity index (χ2v) is 14.8. The summed E-state index contributed by atoms with van der Waals surface area (Å²) in [5, 5.41) is 85.9. The number of carbonyl (C=O) groups excluding carboxylic acids is 1. The van der Waals surface area contributed by atoms with E-state index in [1.807, 2.05) is 6.08 Å². The maximum atomic E-state index is 13.0. The Morgan fingerprint density at radius 3 is 1.74 bits per heavy atom. The highest BCUT2D eigenvalue weighted by Gasteiger charge is 2.50. The van der Waals surface area contributed by atoms with Crippen LogP contribution in [-0.2, 0) is 23.7 Å². The van der Waals surface area contributed by atoms with Crippen LogP contribution in [0.3, 0.4) is 0 Å². The molecule has 12 unspecified atom stereocenters. The van der Waals surface area contributed by atoms with Crippen molar-refractivity contribution < 1.29 is 64.6 Å². The van der Waals surface area contributed by atoms with Gasteiger partial charge in [0.1, 0.15) is 48.8 Å². The third kappa shape index (κ3) is 17.6. The highest BCUT2D eigenvalue weighted by atomic mass is 16.7. The Balaban J connectivity index is 1.92. The van der Waals surface area contributed by atoms with Crippen LogP contribution in [-0.4, -0.2) is 140 Å². The molecule has 2 aliphatic rings.